The lowest BCUT2D eigenvalue weighted by Gasteiger charge is -2.21. The van der Waals surface area contributed by atoms with Crippen LogP contribution in [0.1, 0.15) is 51.9 Å². The number of nitrogens with one attached hydrogen (secondary N) is 1. The Bertz CT molecular complexity index is 259. The van der Waals surface area contributed by atoms with E-state index < -0.39 is 0 Å². The molecule has 1 unspecified atom stereocenters. The Kier molecular flexibility index (Phi) is 6.01. The van der Waals surface area contributed by atoms with Crippen molar-refractivity contribution in [2.75, 3.05) is 7.11 Å². The molecule has 1 saturated carbocycles. The number of rotatable bonds is 5. The van der Waals surface area contributed by atoms with E-state index in [-0.39, 0.29) is 24.3 Å². The van der Waals surface area contributed by atoms with Crippen molar-refractivity contribution in [3.05, 3.63) is 0 Å². The molecule has 0 aliphatic heterocycles. The molecule has 17 heavy (non-hydrogen) atoms. The van der Waals surface area contributed by atoms with Crippen LogP contribution in [0.15, 0.2) is 0 Å². The van der Waals surface area contributed by atoms with Gasteiger partial charge >= 0.3 is 5.97 Å². The van der Waals surface area contributed by atoms with Gasteiger partial charge in [-0.05, 0) is 25.7 Å². The minimum Gasteiger partial charge on any atom is -0.469 e. The van der Waals surface area contributed by atoms with E-state index in [0.717, 1.165) is 0 Å². The van der Waals surface area contributed by atoms with E-state index in [9.17, 15) is 9.59 Å². The molecule has 1 aliphatic rings. The summed E-state index contributed by atoms with van der Waals surface area (Å²) in [5.41, 5.74) is 0. The summed E-state index contributed by atoms with van der Waals surface area (Å²) in [7, 11) is 1.36. The van der Waals surface area contributed by atoms with E-state index >= 15 is 0 Å². The Labute approximate surface area is 103 Å². The Balaban J connectivity index is 2.21. The molecule has 1 fully saturated rings. The van der Waals surface area contributed by atoms with Crippen LogP contribution in [0.3, 0.4) is 0 Å². The van der Waals surface area contributed by atoms with Gasteiger partial charge in [0, 0.05) is 12.5 Å². The third-order valence-electron chi connectivity index (χ3n) is 3.31. The predicted octanol–water partition coefficient (Wildman–Crippen LogP) is 2.02. The second-order valence-electron chi connectivity index (χ2n) is 4.96. The normalized spacial score (nSPS) is 18.5. The lowest BCUT2D eigenvalue weighted by Crippen LogP contribution is -2.35. The molecule has 1 amide bonds. The average molecular weight is 241 g/mol. The van der Waals surface area contributed by atoms with Gasteiger partial charge in [-0.2, -0.15) is 0 Å². The van der Waals surface area contributed by atoms with E-state index in [1.807, 2.05) is 6.92 Å². The van der Waals surface area contributed by atoms with Crippen LogP contribution in [0, 0.1) is 5.92 Å². The molecule has 1 atom stereocenters. The van der Waals surface area contributed by atoms with Crippen molar-refractivity contribution in [1.29, 1.82) is 0 Å². The highest BCUT2D eigenvalue weighted by atomic mass is 16.5. The second-order valence-corrected chi connectivity index (χ2v) is 4.96. The van der Waals surface area contributed by atoms with Gasteiger partial charge in [-0.15, -0.1) is 0 Å². The van der Waals surface area contributed by atoms with Crippen molar-refractivity contribution >= 4 is 11.9 Å². The molecule has 0 aromatic carbocycles. The Morgan fingerprint density at radius 3 is 2.53 bits per heavy atom. The summed E-state index contributed by atoms with van der Waals surface area (Å²) in [5, 5.41) is 2.85. The molecule has 1 aliphatic carbocycles. The van der Waals surface area contributed by atoms with Crippen molar-refractivity contribution in [2.45, 2.75) is 57.9 Å². The summed E-state index contributed by atoms with van der Waals surface area (Å²) in [6, 6.07) is -0.140. The van der Waals surface area contributed by atoms with E-state index in [1.54, 1.807) is 0 Å². The van der Waals surface area contributed by atoms with Gasteiger partial charge in [0.05, 0.1) is 13.5 Å². The molecule has 98 valence electrons. The zero-order chi connectivity index (χ0) is 12.7. The first-order chi connectivity index (χ1) is 8.11. The van der Waals surface area contributed by atoms with Crippen LogP contribution >= 0.6 is 0 Å². The third kappa shape index (κ3) is 5.71. The summed E-state index contributed by atoms with van der Waals surface area (Å²) in [6.45, 7) is 1.83. The zero-order valence-electron chi connectivity index (χ0n) is 10.8. The maximum atomic E-state index is 11.7. The van der Waals surface area contributed by atoms with Crippen LogP contribution < -0.4 is 5.32 Å². The number of hydrogen-bond donors (Lipinski definition) is 1. The van der Waals surface area contributed by atoms with Gasteiger partial charge in [0.1, 0.15) is 0 Å². The van der Waals surface area contributed by atoms with Gasteiger partial charge < -0.3 is 10.1 Å². The number of methoxy groups -OCH3 is 1. The Morgan fingerprint density at radius 2 is 1.94 bits per heavy atom. The van der Waals surface area contributed by atoms with Crippen molar-refractivity contribution in [1.82, 2.24) is 5.32 Å². The van der Waals surface area contributed by atoms with Gasteiger partial charge in [0.15, 0.2) is 0 Å². The Morgan fingerprint density at radius 1 is 1.29 bits per heavy atom. The molecule has 0 saturated heterocycles. The number of carbonyl (C=O) groups excluding carboxylic acids is 2. The SMILES string of the molecule is COC(=O)CC(C)NC(=O)CC1CCCCC1. The van der Waals surface area contributed by atoms with Crippen LogP contribution in [0.25, 0.3) is 0 Å². The molecule has 4 heteroatoms. The summed E-state index contributed by atoms with van der Waals surface area (Å²) in [4.78, 5) is 22.7. The number of amides is 1. The fourth-order valence-corrected chi connectivity index (χ4v) is 2.37. The predicted molar refractivity (Wildman–Crippen MR) is 65.4 cm³/mol. The minimum absolute atomic E-state index is 0.0632. The summed E-state index contributed by atoms with van der Waals surface area (Å²) in [5.74, 6) is 0.317. The molecule has 1 rings (SSSR count). The molecule has 0 radical (unpaired) electrons. The van der Waals surface area contributed by atoms with Crippen LogP contribution in [0.4, 0.5) is 0 Å². The molecule has 0 aromatic heterocycles. The molecule has 4 nitrogen and oxygen atoms in total. The van der Waals surface area contributed by atoms with Gasteiger partial charge in [-0.3, -0.25) is 9.59 Å². The first kappa shape index (κ1) is 14.0. The van der Waals surface area contributed by atoms with Crippen LogP contribution in [0.2, 0.25) is 0 Å². The van der Waals surface area contributed by atoms with Gasteiger partial charge in [0.2, 0.25) is 5.91 Å². The largest absolute Gasteiger partial charge is 0.469 e. The first-order valence-electron chi connectivity index (χ1n) is 6.48. The molecular weight excluding hydrogens is 218 g/mol. The maximum Gasteiger partial charge on any atom is 0.307 e. The quantitative estimate of drug-likeness (QED) is 0.749. The lowest BCUT2D eigenvalue weighted by atomic mass is 9.87. The molecular formula is C13H23NO3. The Hall–Kier alpha value is -1.06. The van der Waals surface area contributed by atoms with Crippen LogP contribution in [-0.4, -0.2) is 25.0 Å². The minimum atomic E-state index is -0.282. The van der Waals surface area contributed by atoms with Crippen molar-refractivity contribution in [3.8, 4) is 0 Å². The van der Waals surface area contributed by atoms with E-state index in [4.69, 9.17) is 0 Å². The molecule has 1 N–H and O–H groups in total. The van der Waals surface area contributed by atoms with Crippen LogP contribution in [-0.2, 0) is 14.3 Å². The van der Waals surface area contributed by atoms with Crippen molar-refractivity contribution in [2.24, 2.45) is 5.92 Å². The van der Waals surface area contributed by atoms with E-state index in [1.165, 1.54) is 39.2 Å². The van der Waals surface area contributed by atoms with Gasteiger partial charge in [0.25, 0.3) is 0 Å². The smallest absolute Gasteiger partial charge is 0.307 e. The van der Waals surface area contributed by atoms with Crippen molar-refractivity contribution < 1.29 is 14.3 Å². The van der Waals surface area contributed by atoms with Gasteiger partial charge in [-0.25, -0.2) is 0 Å². The highest BCUT2D eigenvalue weighted by Crippen LogP contribution is 2.26. The topological polar surface area (TPSA) is 55.4 Å². The average Bonchev–Trinajstić information content (AvgIpc) is 2.29. The van der Waals surface area contributed by atoms with Gasteiger partial charge in [-0.1, -0.05) is 19.3 Å². The number of hydrogen-bond acceptors (Lipinski definition) is 3. The molecule has 0 aromatic rings. The summed E-state index contributed by atoms with van der Waals surface area (Å²) in [6.07, 6.45) is 6.97. The molecule has 0 heterocycles. The number of esters is 1. The molecule has 0 bridgehead atoms. The standard InChI is InChI=1S/C13H23NO3/c1-10(8-13(16)17-2)14-12(15)9-11-6-4-3-5-7-11/h10-11H,3-9H2,1-2H3,(H,14,15). The second kappa shape index (κ2) is 7.30. The number of ether oxygens (including phenoxy) is 1. The monoisotopic (exact) mass is 241 g/mol. The van der Waals surface area contributed by atoms with E-state index in [0.29, 0.717) is 12.3 Å². The van der Waals surface area contributed by atoms with E-state index in [2.05, 4.69) is 10.1 Å². The first-order valence-corrected chi connectivity index (χ1v) is 6.48. The molecule has 0 spiro atoms. The highest BCUT2D eigenvalue weighted by Gasteiger charge is 2.18. The summed E-state index contributed by atoms with van der Waals surface area (Å²) >= 11 is 0. The lowest BCUT2D eigenvalue weighted by molar-refractivity contribution is -0.141. The van der Waals surface area contributed by atoms with Crippen molar-refractivity contribution in [3.63, 3.8) is 0 Å². The summed E-state index contributed by atoms with van der Waals surface area (Å²) < 4.78 is 4.56. The fraction of sp³-hybridized carbons (Fsp3) is 0.846. The maximum absolute atomic E-state index is 11.7. The highest BCUT2D eigenvalue weighted by molar-refractivity contribution is 5.77. The zero-order valence-corrected chi connectivity index (χ0v) is 10.8. The fourth-order valence-electron chi connectivity index (χ4n) is 2.37. The number of carbonyl (C=O) groups is 2. The van der Waals surface area contributed by atoms with Crippen LogP contribution in [0.5, 0.6) is 0 Å². The third-order valence-corrected chi connectivity index (χ3v) is 3.31.